The minimum atomic E-state index is -0.431. The van der Waals surface area contributed by atoms with E-state index in [1.54, 1.807) is 31.2 Å². The predicted octanol–water partition coefficient (Wildman–Crippen LogP) is 2.07. The number of Topliss-reactive ketones (excluding diaryl/α,β-unsaturated/α-hetero) is 1. The highest BCUT2D eigenvalue weighted by Crippen LogP contribution is 2.25. The Balaban J connectivity index is 2.40. The molecule has 0 atom stereocenters. The Morgan fingerprint density at radius 1 is 1.28 bits per heavy atom. The summed E-state index contributed by atoms with van der Waals surface area (Å²) in [5, 5.41) is 0. The van der Waals surface area contributed by atoms with Gasteiger partial charge in [-0.3, -0.25) is 4.79 Å². The first-order valence-electron chi connectivity index (χ1n) is 5.41. The van der Waals surface area contributed by atoms with E-state index in [1.165, 1.54) is 13.1 Å². The number of carbonyl (C=O) groups excluding carboxylic acids is 1. The summed E-state index contributed by atoms with van der Waals surface area (Å²) < 4.78 is 5.60. The third kappa shape index (κ3) is 2.45. The normalized spacial score (nSPS) is 10.1. The molecule has 0 aliphatic carbocycles. The van der Waals surface area contributed by atoms with Crippen LogP contribution < -0.4 is 10.4 Å². The van der Waals surface area contributed by atoms with Crippen molar-refractivity contribution >= 4 is 5.78 Å². The molecule has 0 aliphatic rings. The van der Waals surface area contributed by atoms with Gasteiger partial charge in [0.15, 0.2) is 11.5 Å². The molecule has 1 heterocycles. The Bertz CT molecular complexity index is 647. The summed E-state index contributed by atoms with van der Waals surface area (Å²) in [6.45, 7) is 3.18. The van der Waals surface area contributed by atoms with Gasteiger partial charge in [0.1, 0.15) is 5.75 Å². The van der Waals surface area contributed by atoms with Crippen LogP contribution in [0.15, 0.2) is 35.3 Å². The van der Waals surface area contributed by atoms with E-state index in [9.17, 15) is 9.59 Å². The standard InChI is InChI=1S/C13H12N2O3/c1-8-12(7-14-13(17)15-8)18-11-6-4-3-5-10(11)9(2)16/h3-7H,1-2H3,(H,14,15,17). The van der Waals surface area contributed by atoms with Gasteiger partial charge in [-0.15, -0.1) is 0 Å². The number of carbonyl (C=O) groups is 1. The van der Waals surface area contributed by atoms with Crippen LogP contribution in [0.5, 0.6) is 11.5 Å². The Kier molecular flexibility index (Phi) is 3.23. The molecular weight excluding hydrogens is 232 g/mol. The number of benzene rings is 1. The number of nitrogens with one attached hydrogen (secondary N) is 1. The van der Waals surface area contributed by atoms with Crippen molar-refractivity contribution in [3.8, 4) is 11.5 Å². The number of H-pyrrole nitrogens is 1. The van der Waals surface area contributed by atoms with Gasteiger partial charge in [-0.25, -0.2) is 4.79 Å². The summed E-state index contributed by atoms with van der Waals surface area (Å²) in [6.07, 6.45) is 1.34. The van der Waals surface area contributed by atoms with Gasteiger partial charge in [-0.2, -0.15) is 4.98 Å². The molecule has 1 N–H and O–H groups in total. The number of aromatic amines is 1. The second-order valence-corrected chi connectivity index (χ2v) is 3.83. The average Bonchev–Trinajstić information content (AvgIpc) is 2.33. The maximum absolute atomic E-state index is 11.4. The van der Waals surface area contributed by atoms with Crippen LogP contribution in [0, 0.1) is 6.92 Å². The molecule has 0 radical (unpaired) electrons. The average molecular weight is 244 g/mol. The topological polar surface area (TPSA) is 72.0 Å². The first-order chi connectivity index (χ1) is 8.58. The fourth-order valence-corrected chi connectivity index (χ4v) is 1.54. The molecule has 0 fully saturated rings. The Labute approximate surface area is 103 Å². The lowest BCUT2D eigenvalue weighted by Gasteiger charge is -2.10. The maximum atomic E-state index is 11.4. The van der Waals surface area contributed by atoms with E-state index in [0.29, 0.717) is 22.8 Å². The highest BCUT2D eigenvalue weighted by atomic mass is 16.5. The van der Waals surface area contributed by atoms with Crippen LogP contribution in [-0.4, -0.2) is 15.8 Å². The van der Waals surface area contributed by atoms with Gasteiger partial charge >= 0.3 is 5.69 Å². The van der Waals surface area contributed by atoms with Gasteiger partial charge in [0.05, 0.1) is 17.5 Å². The molecule has 0 saturated carbocycles. The van der Waals surface area contributed by atoms with Crippen LogP contribution in [0.25, 0.3) is 0 Å². The van der Waals surface area contributed by atoms with Crippen LogP contribution >= 0.6 is 0 Å². The van der Waals surface area contributed by atoms with Crippen molar-refractivity contribution in [1.29, 1.82) is 0 Å². The minimum absolute atomic E-state index is 0.0827. The number of hydrogen-bond donors (Lipinski definition) is 1. The lowest BCUT2D eigenvalue weighted by molar-refractivity contribution is 0.101. The summed E-state index contributed by atoms with van der Waals surface area (Å²) >= 11 is 0. The van der Waals surface area contributed by atoms with Crippen LogP contribution in [0.3, 0.4) is 0 Å². The molecule has 2 aromatic rings. The van der Waals surface area contributed by atoms with E-state index in [0.717, 1.165) is 0 Å². The number of nitrogens with zero attached hydrogens (tertiary/aromatic N) is 1. The maximum Gasteiger partial charge on any atom is 0.345 e. The lowest BCUT2D eigenvalue weighted by Crippen LogP contribution is -2.11. The molecule has 1 aromatic carbocycles. The molecule has 5 heteroatoms. The van der Waals surface area contributed by atoms with Crippen LogP contribution in [0.2, 0.25) is 0 Å². The van der Waals surface area contributed by atoms with E-state index in [1.807, 2.05) is 0 Å². The molecule has 18 heavy (non-hydrogen) atoms. The smallest absolute Gasteiger partial charge is 0.345 e. The van der Waals surface area contributed by atoms with Gasteiger partial charge in [0, 0.05) is 0 Å². The van der Waals surface area contributed by atoms with Crippen molar-refractivity contribution in [1.82, 2.24) is 9.97 Å². The number of rotatable bonds is 3. The second-order valence-electron chi connectivity index (χ2n) is 3.83. The van der Waals surface area contributed by atoms with Gasteiger partial charge < -0.3 is 9.72 Å². The lowest BCUT2D eigenvalue weighted by atomic mass is 10.1. The number of aromatic nitrogens is 2. The van der Waals surface area contributed by atoms with Gasteiger partial charge in [-0.1, -0.05) is 12.1 Å². The Hall–Kier alpha value is -2.43. The van der Waals surface area contributed by atoms with E-state index < -0.39 is 5.69 Å². The van der Waals surface area contributed by atoms with Crippen molar-refractivity contribution in [2.75, 3.05) is 0 Å². The SMILES string of the molecule is CC(=O)c1ccccc1Oc1cnc(=O)[nH]c1C. The second kappa shape index (κ2) is 4.83. The molecule has 0 unspecified atom stereocenters. The largest absolute Gasteiger partial charge is 0.453 e. The molecular formula is C13H12N2O3. The number of ketones is 1. The number of ether oxygens (including phenoxy) is 1. The first-order valence-corrected chi connectivity index (χ1v) is 5.41. The third-order valence-corrected chi connectivity index (χ3v) is 2.45. The van der Waals surface area contributed by atoms with Crippen LogP contribution in [0.4, 0.5) is 0 Å². The summed E-state index contributed by atoms with van der Waals surface area (Å²) in [5.41, 5.74) is 0.621. The minimum Gasteiger partial charge on any atom is -0.453 e. The molecule has 0 spiro atoms. The zero-order valence-corrected chi connectivity index (χ0v) is 10.1. The molecule has 5 nitrogen and oxygen atoms in total. The monoisotopic (exact) mass is 244 g/mol. The summed E-state index contributed by atoms with van der Waals surface area (Å²) in [5.74, 6) is 0.783. The van der Waals surface area contributed by atoms with Gasteiger partial charge in [0.25, 0.3) is 0 Å². The molecule has 0 aliphatic heterocycles. The molecule has 0 bridgehead atoms. The summed E-state index contributed by atoms with van der Waals surface area (Å²) in [4.78, 5) is 28.6. The van der Waals surface area contributed by atoms with Crippen LogP contribution in [0.1, 0.15) is 23.0 Å². The number of para-hydroxylation sites is 1. The predicted molar refractivity (Wildman–Crippen MR) is 66.1 cm³/mol. The van der Waals surface area contributed by atoms with Gasteiger partial charge in [0.2, 0.25) is 0 Å². The molecule has 92 valence electrons. The van der Waals surface area contributed by atoms with Crippen molar-refractivity contribution < 1.29 is 9.53 Å². The van der Waals surface area contributed by atoms with Gasteiger partial charge in [-0.05, 0) is 26.0 Å². The number of aryl methyl sites for hydroxylation is 1. The van der Waals surface area contributed by atoms with E-state index in [4.69, 9.17) is 4.74 Å². The van der Waals surface area contributed by atoms with Crippen molar-refractivity contribution in [3.05, 3.63) is 52.2 Å². The molecule has 1 aromatic heterocycles. The summed E-state index contributed by atoms with van der Waals surface area (Å²) in [6, 6.07) is 6.92. The molecule has 0 amide bonds. The van der Waals surface area contributed by atoms with Crippen molar-refractivity contribution in [2.45, 2.75) is 13.8 Å². The van der Waals surface area contributed by atoms with E-state index >= 15 is 0 Å². The zero-order chi connectivity index (χ0) is 13.1. The highest BCUT2D eigenvalue weighted by Gasteiger charge is 2.10. The Morgan fingerprint density at radius 2 is 2.00 bits per heavy atom. The fourth-order valence-electron chi connectivity index (χ4n) is 1.54. The van der Waals surface area contributed by atoms with Crippen molar-refractivity contribution in [2.24, 2.45) is 0 Å². The highest BCUT2D eigenvalue weighted by molar-refractivity contribution is 5.96. The van der Waals surface area contributed by atoms with E-state index in [-0.39, 0.29) is 5.78 Å². The van der Waals surface area contributed by atoms with E-state index in [2.05, 4.69) is 9.97 Å². The Morgan fingerprint density at radius 3 is 2.67 bits per heavy atom. The summed E-state index contributed by atoms with van der Waals surface area (Å²) in [7, 11) is 0. The fraction of sp³-hybridized carbons (Fsp3) is 0.154. The van der Waals surface area contributed by atoms with Crippen LogP contribution in [-0.2, 0) is 0 Å². The zero-order valence-electron chi connectivity index (χ0n) is 10.1. The molecule has 2 rings (SSSR count). The third-order valence-electron chi connectivity index (χ3n) is 2.45. The quantitative estimate of drug-likeness (QED) is 0.839. The first kappa shape index (κ1) is 12.0. The van der Waals surface area contributed by atoms with Crippen molar-refractivity contribution in [3.63, 3.8) is 0 Å². The number of hydrogen-bond acceptors (Lipinski definition) is 4. The molecule has 0 saturated heterocycles.